The molecule has 1 aliphatic carbocycles. The van der Waals surface area contributed by atoms with Gasteiger partial charge in [0, 0.05) is 12.6 Å². The smallest absolute Gasteiger partial charge is 0.159 e. The molecule has 2 rings (SSSR count). The van der Waals surface area contributed by atoms with E-state index in [4.69, 9.17) is 0 Å². The van der Waals surface area contributed by atoms with Crippen molar-refractivity contribution in [1.82, 2.24) is 5.32 Å². The van der Waals surface area contributed by atoms with Gasteiger partial charge in [-0.05, 0) is 36.5 Å². The van der Waals surface area contributed by atoms with Crippen molar-refractivity contribution in [2.75, 3.05) is 0 Å². The molecule has 1 N–H and O–H groups in total. The van der Waals surface area contributed by atoms with Gasteiger partial charge in [-0.2, -0.15) is 0 Å². The highest BCUT2D eigenvalue weighted by Crippen LogP contribution is 2.23. The molecule has 94 valence electrons. The Hall–Kier alpha value is -0.960. The van der Waals surface area contributed by atoms with Gasteiger partial charge < -0.3 is 5.32 Å². The number of benzene rings is 1. The largest absolute Gasteiger partial charge is 0.310 e. The Kier molecular flexibility index (Phi) is 4.11. The van der Waals surface area contributed by atoms with Crippen LogP contribution in [0.15, 0.2) is 18.2 Å². The summed E-state index contributed by atoms with van der Waals surface area (Å²) in [7, 11) is 0. The van der Waals surface area contributed by atoms with Crippen molar-refractivity contribution in [3.63, 3.8) is 0 Å². The van der Waals surface area contributed by atoms with Gasteiger partial charge in [0.2, 0.25) is 0 Å². The first-order valence-electron chi connectivity index (χ1n) is 6.32. The van der Waals surface area contributed by atoms with E-state index in [1.807, 2.05) is 0 Å². The third-order valence-corrected chi connectivity index (χ3v) is 3.52. The van der Waals surface area contributed by atoms with Crippen LogP contribution in [0.25, 0.3) is 0 Å². The normalized spacial score (nSPS) is 24.9. The molecule has 0 radical (unpaired) electrons. The van der Waals surface area contributed by atoms with Crippen molar-refractivity contribution in [2.45, 2.75) is 45.2 Å². The second kappa shape index (κ2) is 5.58. The molecule has 17 heavy (non-hydrogen) atoms. The Morgan fingerprint density at radius 1 is 1.24 bits per heavy atom. The van der Waals surface area contributed by atoms with Crippen LogP contribution < -0.4 is 5.32 Å². The fourth-order valence-electron chi connectivity index (χ4n) is 2.53. The summed E-state index contributed by atoms with van der Waals surface area (Å²) in [5, 5.41) is 3.43. The molecule has 1 aromatic rings. The third-order valence-electron chi connectivity index (χ3n) is 3.52. The highest BCUT2D eigenvalue weighted by Gasteiger charge is 2.18. The quantitative estimate of drug-likeness (QED) is 0.849. The van der Waals surface area contributed by atoms with Crippen molar-refractivity contribution in [3.8, 4) is 0 Å². The molecule has 1 saturated carbocycles. The molecule has 0 bridgehead atoms. The summed E-state index contributed by atoms with van der Waals surface area (Å²) in [6.07, 6.45) is 4.94. The van der Waals surface area contributed by atoms with Crippen molar-refractivity contribution in [3.05, 3.63) is 35.4 Å². The van der Waals surface area contributed by atoms with E-state index in [9.17, 15) is 8.78 Å². The van der Waals surface area contributed by atoms with Gasteiger partial charge >= 0.3 is 0 Å². The van der Waals surface area contributed by atoms with Gasteiger partial charge in [-0.15, -0.1) is 0 Å². The van der Waals surface area contributed by atoms with E-state index < -0.39 is 11.6 Å². The topological polar surface area (TPSA) is 12.0 Å². The highest BCUT2D eigenvalue weighted by molar-refractivity contribution is 5.17. The van der Waals surface area contributed by atoms with E-state index in [1.165, 1.54) is 37.8 Å². The molecule has 2 unspecified atom stereocenters. The lowest BCUT2D eigenvalue weighted by Crippen LogP contribution is -2.33. The average Bonchev–Trinajstić information content (AvgIpc) is 2.31. The monoisotopic (exact) mass is 239 g/mol. The van der Waals surface area contributed by atoms with Crippen LogP contribution in [0.4, 0.5) is 8.78 Å². The van der Waals surface area contributed by atoms with E-state index >= 15 is 0 Å². The number of nitrogens with one attached hydrogen (secondary N) is 1. The summed E-state index contributed by atoms with van der Waals surface area (Å²) in [5.41, 5.74) is 0.808. The van der Waals surface area contributed by atoms with Crippen LogP contribution in [0.3, 0.4) is 0 Å². The maximum Gasteiger partial charge on any atom is 0.159 e. The zero-order valence-corrected chi connectivity index (χ0v) is 10.2. The minimum absolute atomic E-state index is 0.520. The maximum atomic E-state index is 13.0. The first kappa shape index (κ1) is 12.5. The second-order valence-corrected chi connectivity index (χ2v) is 5.10. The maximum absolute atomic E-state index is 13.0. The van der Waals surface area contributed by atoms with Crippen LogP contribution in [0.5, 0.6) is 0 Å². The molecule has 0 amide bonds. The molecule has 2 atom stereocenters. The van der Waals surface area contributed by atoms with Gasteiger partial charge in [0.1, 0.15) is 0 Å². The molecular weight excluding hydrogens is 220 g/mol. The fraction of sp³-hybridized carbons (Fsp3) is 0.571. The number of hydrogen-bond acceptors (Lipinski definition) is 1. The van der Waals surface area contributed by atoms with Crippen molar-refractivity contribution < 1.29 is 8.78 Å². The minimum atomic E-state index is -0.778. The Balaban J connectivity index is 1.86. The molecule has 0 aliphatic heterocycles. The summed E-state index contributed by atoms with van der Waals surface area (Å²) in [6, 6.07) is 4.62. The van der Waals surface area contributed by atoms with Gasteiger partial charge in [-0.3, -0.25) is 0 Å². The molecule has 1 fully saturated rings. The average molecular weight is 239 g/mol. The molecule has 0 saturated heterocycles. The SMILES string of the molecule is CC1CCCC(NCc2ccc(F)c(F)c2)C1. The van der Waals surface area contributed by atoms with Gasteiger partial charge in [0.15, 0.2) is 11.6 Å². The van der Waals surface area contributed by atoms with Gasteiger partial charge in [-0.1, -0.05) is 25.8 Å². The number of halogens is 2. The molecule has 1 aromatic carbocycles. The lowest BCUT2D eigenvalue weighted by Gasteiger charge is -2.27. The van der Waals surface area contributed by atoms with E-state index in [0.29, 0.717) is 12.6 Å². The standard InChI is InChI=1S/C14H19F2N/c1-10-3-2-4-12(7-10)17-9-11-5-6-13(15)14(16)8-11/h5-6,8,10,12,17H,2-4,7,9H2,1H3. The van der Waals surface area contributed by atoms with Crippen LogP contribution in [0, 0.1) is 17.6 Å². The van der Waals surface area contributed by atoms with Crippen LogP contribution in [-0.2, 0) is 6.54 Å². The Bertz CT molecular complexity index is 378. The fourth-order valence-corrected chi connectivity index (χ4v) is 2.53. The highest BCUT2D eigenvalue weighted by atomic mass is 19.2. The Labute approximate surface area is 101 Å². The summed E-state index contributed by atoms with van der Waals surface area (Å²) in [4.78, 5) is 0. The van der Waals surface area contributed by atoms with E-state index in [0.717, 1.165) is 11.5 Å². The predicted molar refractivity (Wildman–Crippen MR) is 64.6 cm³/mol. The zero-order chi connectivity index (χ0) is 12.3. The Morgan fingerprint density at radius 2 is 2.06 bits per heavy atom. The lowest BCUT2D eigenvalue weighted by atomic mass is 9.87. The van der Waals surface area contributed by atoms with Gasteiger partial charge in [-0.25, -0.2) is 8.78 Å². The third kappa shape index (κ3) is 3.50. The van der Waals surface area contributed by atoms with Crippen molar-refractivity contribution in [1.29, 1.82) is 0 Å². The number of hydrogen-bond donors (Lipinski definition) is 1. The first-order valence-corrected chi connectivity index (χ1v) is 6.32. The minimum Gasteiger partial charge on any atom is -0.310 e. The lowest BCUT2D eigenvalue weighted by molar-refractivity contribution is 0.300. The summed E-state index contributed by atoms with van der Waals surface area (Å²) in [6.45, 7) is 2.89. The van der Waals surface area contributed by atoms with E-state index in [2.05, 4.69) is 12.2 Å². The summed E-state index contributed by atoms with van der Waals surface area (Å²) in [5.74, 6) is -0.771. The molecule has 1 aliphatic rings. The second-order valence-electron chi connectivity index (χ2n) is 5.10. The van der Waals surface area contributed by atoms with Gasteiger partial charge in [0.25, 0.3) is 0 Å². The van der Waals surface area contributed by atoms with Crippen LogP contribution >= 0.6 is 0 Å². The number of rotatable bonds is 3. The molecular formula is C14H19F2N. The van der Waals surface area contributed by atoms with Crippen LogP contribution in [0.2, 0.25) is 0 Å². The molecule has 0 aromatic heterocycles. The predicted octanol–water partition coefficient (Wildman–Crippen LogP) is 3.63. The molecule has 1 nitrogen and oxygen atoms in total. The van der Waals surface area contributed by atoms with Gasteiger partial charge in [0.05, 0.1) is 0 Å². The van der Waals surface area contributed by atoms with Crippen LogP contribution in [-0.4, -0.2) is 6.04 Å². The molecule has 0 heterocycles. The van der Waals surface area contributed by atoms with E-state index in [1.54, 1.807) is 6.07 Å². The van der Waals surface area contributed by atoms with E-state index in [-0.39, 0.29) is 0 Å². The summed E-state index contributed by atoms with van der Waals surface area (Å²) < 4.78 is 25.8. The Morgan fingerprint density at radius 3 is 2.76 bits per heavy atom. The zero-order valence-electron chi connectivity index (χ0n) is 10.2. The van der Waals surface area contributed by atoms with Crippen molar-refractivity contribution in [2.24, 2.45) is 5.92 Å². The molecule has 3 heteroatoms. The molecule has 0 spiro atoms. The van der Waals surface area contributed by atoms with Crippen molar-refractivity contribution >= 4 is 0 Å². The summed E-state index contributed by atoms with van der Waals surface area (Å²) >= 11 is 0. The van der Waals surface area contributed by atoms with Crippen LogP contribution in [0.1, 0.15) is 38.2 Å². The first-order chi connectivity index (χ1) is 8.15.